The molecule has 9 heavy (non-hydrogen) atoms. The minimum Gasteiger partial charge on any atom is -0.780 e. The van der Waals surface area contributed by atoms with Crippen LogP contribution in [0, 0.1) is 38.5 Å². The average molecular weight is 362 g/mol. The molecule has 0 bridgehead atoms. The quantitative estimate of drug-likeness (QED) is 0.503. The smallest absolute Gasteiger partial charge is 0.780 e. The van der Waals surface area contributed by atoms with Gasteiger partial charge in [0.05, 0.1) is 0 Å². The zero-order valence-corrected chi connectivity index (χ0v) is 10.3. The Balaban J connectivity index is 0. The molecule has 1 aromatic carbocycles. The summed E-state index contributed by atoms with van der Waals surface area (Å²) in [6, 6.07) is 9.62. The maximum Gasteiger partial charge on any atom is 2.00 e. The Labute approximate surface area is 85.8 Å². The third kappa shape index (κ3) is 4.96. The second-order valence-electron chi connectivity index (χ2n) is 1.31. The van der Waals surface area contributed by atoms with E-state index in [1.807, 2.05) is 30.3 Å². The summed E-state index contributed by atoms with van der Waals surface area (Å²) in [6.45, 7) is 0. The van der Waals surface area contributed by atoms with Gasteiger partial charge in [0.1, 0.15) is 0 Å². The fraction of sp³-hybridized carbons (Fsp3) is 0. The molecule has 0 nitrogen and oxygen atoms in total. The van der Waals surface area contributed by atoms with Gasteiger partial charge in [-0.05, 0) is 0 Å². The summed E-state index contributed by atoms with van der Waals surface area (Å²) < 4.78 is 0. The van der Waals surface area contributed by atoms with Crippen molar-refractivity contribution in [1.82, 2.24) is 0 Å². The maximum absolute atomic E-state index is 4.81. The van der Waals surface area contributed by atoms with Crippen LogP contribution in [0.1, 0.15) is 0 Å². The summed E-state index contributed by atoms with van der Waals surface area (Å²) >= 11 is 4.81. The van der Waals surface area contributed by atoms with E-state index in [-0.39, 0.29) is 38.5 Å². The predicted octanol–water partition coefficient (Wildman–Crippen LogP) is 2.04. The van der Waals surface area contributed by atoms with Crippen molar-refractivity contribution in [3.63, 3.8) is 0 Å². The van der Waals surface area contributed by atoms with Crippen LogP contribution in [-0.2, 0) is 12.6 Å². The maximum atomic E-state index is 4.81. The van der Waals surface area contributed by atoms with Crippen molar-refractivity contribution in [2.45, 2.75) is 4.90 Å². The molecule has 46 valence electrons. The predicted molar refractivity (Wildman–Crippen MR) is 38.5 cm³/mol. The molecule has 0 aliphatic rings. The second kappa shape index (κ2) is 6.61. The molecule has 2 heteroatoms. The van der Waals surface area contributed by atoms with Crippen LogP contribution < -0.4 is 0 Å². The van der Waals surface area contributed by atoms with Crippen LogP contribution in [-0.4, -0.2) is 0 Å². The van der Waals surface area contributed by atoms with Crippen LogP contribution in [0.4, 0.5) is 0 Å². The monoisotopic (exact) mass is 362 g/mol. The van der Waals surface area contributed by atoms with Gasteiger partial charge in [0, 0.05) is 0 Å². The largest absolute Gasteiger partial charge is 2.00 e. The summed E-state index contributed by atoms with van der Waals surface area (Å²) in [5.41, 5.74) is 0. The first kappa shape index (κ1) is 12.2. The molecule has 0 spiro atoms. The normalized spacial score (nSPS) is 6.67. The Morgan fingerprint density at radius 2 is 1.44 bits per heavy atom. The third-order valence-electron chi connectivity index (χ3n) is 0.743. The Kier molecular flexibility index (Phi) is 8.96. The molecule has 1 aromatic rings. The first-order valence-corrected chi connectivity index (χ1v) is 2.52. The molecule has 0 heterocycles. The zero-order chi connectivity index (χ0) is 5.11. The summed E-state index contributed by atoms with van der Waals surface area (Å²) in [6.07, 6.45) is 0. The Morgan fingerprint density at radius 1 is 1.00 bits per heavy atom. The van der Waals surface area contributed by atoms with Gasteiger partial charge in [0.15, 0.2) is 0 Å². The molecular weight excluding hydrogens is 354 g/mol. The molecule has 0 fully saturated rings. The standard InChI is InChI=1S/C6H6S.CH3.U/c7-6-4-2-1-3-5-6;;/h1-5,7H;1H3;/q;-1;+2/p-1. The van der Waals surface area contributed by atoms with Crippen LogP contribution in [0.5, 0.6) is 0 Å². The molecule has 0 aliphatic carbocycles. The fourth-order valence-corrected chi connectivity index (χ4v) is 0.578. The summed E-state index contributed by atoms with van der Waals surface area (Å²) in [5, 5.41) is 0. The minimum atomic E-state index is 0. The first-order valence-electron chi connectivity index (χ1n) is 2.11. The molecule has 1 rings (SSSR count). The Hall–Kier alpha value is 0.492. The molecule has 0 radical (unpaired) electrons. The zero-order valence-electron chi connectivity index (χ0n) is 5.29. The van der Waals surface area contributed by atoms with E-state index in [4.69, 9.17) is 12.6 Å². The molecule has 0 atom stereocenters. The van der Waals surface area contributed by atoms with E-state index in [0.29, 0.717) is 0 Å². The molecule has 0 unspecified atom stereocenters. The minimum absolute atomic E-state index is 0. The SMILES string of the molecule is [CH3-].[S-]c1ccccc1.[U+2]. The van der Waals surface area contributed by atoms with E-state index < -0.39 is 0 Å². The van der Waals surface area contributed by atoms with Gasteiger partial charge in [-0.3, -0.25) is 0 Å². The average Bonchev–Trinajstić information content (AvgIpc) is 1.69. The van der Waals surface area contributed by atoms with Crippen LogP contribution in [0.25, 0.3) is 0 Å². The van der Waals surface area contributed by atoms with E-state index in [2.05, 4.69) is 0 Å². The van der Waals surface area contributed by atoms with Gasteiger partial charge in [0.2, 0.25) is 0 Å². The van der Waals surface area contributed by atoms with Crippen molar-refractivity contribution in [3.8, 4) is 0 Å². The summed E-state index contributed by atoms with van der Waals surface area (Å²) in [7, 11) is 0. The van der Waals surface area contributed by atoms with E-state index in [9.17, 15) is 0 Å². The first-order chi connectivity index (χ1) is 3.39. The van der Waals surface area contributed by atoms with E-state index in [0.717, 1.165) is 4.90 Å². The Bertz CT molecular complexity index is 139. The molecular formula is C7H8SU. The van der Waals surface area contributed by atoms with Gasteiger partial charge >= 0.3 is 31.1 Å². The summed E-state index contributed by atoms with van der Waals surface area (Å²) in [5.74, 6) is 0. The number of benzene rings is 1. The van der Waals surface area contributed by atoms with Gasteiger partial charge in [-0.25, -0.2) is 0 Å². The molecule has 0 aliphatic heterocycles. The van der Waals surface area contributed by atoms with E-state index >= 15 is 0 Å². The van der Waals surface area contributed by atoms with Crippen LogP contribution in [0.2, 0.25) is 0 Å². The van der Waals surface area contributed by atoms with Crippen molar-refractivity contribution in [3.05, 3.63) is 37.8 Å². The molecule has 0 saturated heterocycles. The number of hydrogen-bond donors (Lipinski definition) is 0. The summed E-state index contributed by atoms with van der Waals surface area (Å²) in [4.78, 5) is 0.905. The van der Waals surface area contributed by atoms with Gasteiger partial charge < -0.3 is 20.1 Å². The van der Waals surface area contributed by atoms with E-state index in [1.54, 1.807) is 0 Å². The number of hydrogen-bond acceptors (Lipinski definition) is 1. The van der Waals surface area contributed by atoms with Crippen LogP contribution >= 0.6 is 0 Å². The molecule has 0 saturated carbocycles. The van der Waals surface area contributed by atoms with Crippen molar-refractivity contribution in [2.24, 2.45) is 0 Å². The van der Waals surface area contributed by atoms with E-state index in [1.165, 1.54) is 0 Å². The van der Waals surface area contributed by atoms with Crippen molar-refractivity contribution in [2.75, 3.05) is 0 Å². The van der Waals surface area contributed by atoms with Gasteiger partial charge in [-0.1, -0.05) is 30.3 Å². The molecule has 0 amide bonds. The van der Waals surface area contributed by atoms with Crippen LogP contribution in [0.3, 0.4) is 0 Å². The van der Waals surface area contributed by atoms with Crippen molar-refractivity contribution in [1.29, 1.82) is 0 Å². The van der Waals surface area contributed by atoms with Gasteiger partial charge in [0.25, 0.3) is 0 Å². The second-order valence-corrected chi connectivity index (χ2v) is 1.78. The molecule has 0 N–H and O–H groups in total. The fourth-order valence-electron chi connectivity index (χ4n) is 0.420. The van der Waals surface area contributed by atoms with Gasteiger partial charge in [-0.15, -0.1) is 0 Å². The topological polar surface area (TPSA) is 0 Å². The van der Waals surface area contributed by atoms with Crippen molar-refractivity contribution < 1.29 is 31.1 Å². The molecule has 0 aromatic heterocycles. The van der Waals surface area contributed by atoms with Gasteiger partial charge in [-0.2, -0.15) is 4.90 Å². The Morgan fingerprint density at radius 3 is 1.67 bits per heavy atom. The third-order valence-corrected chi connectivity index (χ3v) is 1.02. The van der Waals surface area contributed by atoms with Crippen molar-refractivity contribution >= 4 is 12.6 Å². The number of rotatable bonds is 0. The van der Waals surface area contributed by atoms with Crippen LogP contribution in [0.15, 0.2) is 35.2 Å².